The lowest BCUT2D eigenvalue weighted by atomic mass is 9.82. The molecule has 0 spiro atoms. The van der Waals surface area contributed by atoms with Crippen molar-refractivity contribution >= 4 is 21.6 Å². The van der Waals surface area contributed by atoms with Crippen molar-refractivity contribution in [1.29, 1.82) is 0 Å². The van der Waals surface area contributed by atoms with Crippen molar-refractivity contribution in [2.45, 2.75) is 32.4 Å². The summed E-state index contributed by atoms with van der Waals surface area (Å²) in [6, 6.07) is 6.78. The molecule has 1 fully saturated rings. The smallest absolute Gasteiger partial charge is 0.0328 e. The van der Waals surface area contributed by atoms with Gasteiger partial charge in [0.15, 0.2) is 0 Å². The maximum atomic E-state index is 5.78. The van der Waals surface area contributed by atoms with Crippen molar-refractivity contribution in [2.24, 2.45) is 5.92 Å². The first-order valence-electron chi connectivity index (χ1n) is 5.42. The van der Waals surface area contributed by atoms with E-state index in [9.17, 15) is 0 Å². The zero-order valence-electron chi connectivity index (χ0n) is 8.96. The molecule has 0 heterocycles. The van der Waals surface area contributed by atoms with Crippen molar-refractivity contribution < 1.29 is 0 Å². The number of hydrogen-bond acceptors (Lipinski definition) is 2. The van der Waals surface area contributed by atoms with Crippen molar-refractivity contribution in [2.75, 3.05) is 5.73 Å². The van der Waals surface area contributed by atoms with Gasteiger partial charge in [-0.1, -0.05) is 22.9 Å². The Balaban J connectivity index is 1.88. The van der Waals surface area contributed by atoms with Crippen molar-refractivity contribution in [1.82, 2.24) is 5.32 Å². The lowest BCUT2D eigenvalue weighted by Crippen LogP contribution is -2.39. The van der Waals surface area contributed by atoms with Crippen LogP contribution in [0.2, 0.25) is 0 Å². The van der Waals surface area contributed by atoms with Gasteiger partial charge >= 0.3 is 0 Å². The summed E-state index contributed by atoms with van der Waals surface area (Å²) in [4.78, 5) is 0. The highest BCUT2D eigenvalue weighted by molar-refractivity contribution is 9.10. The second-order valence-electron chi connectivity index (χ2n) is 4.55. The van der Waals surface area contributed by atoms with Gasteiger partial charge in [-0.3, -0.25) is 0 Å². The van der Waals surface area contributed by atoms with Crippen LogP contribution in [0.15, 0.2) is 22.7 Å². The third-order valence-electron chi connectivity index (χ3n) is 2.95. The number of rotatable bonds is 3. The molecule has 0 unspecified atom stereocenters. The van der Waals surface area contributed by atoms with Gasteiger partial charge in [-0.25, -0.2) is 0 Å². The lowest BCUT2D eigenvalue weighted by molar-refractivity contribution is 0.240. The van der Waals surface area contributed by atoms with E-state index in [0.717, 1.165) is 22.6 Å². The highest BCUT2D eigenvalue weighted by Gasteiger charge is 2.24. The third-order valence-corrected chi connectivity index (χ3v) is 3.41. The van der Waals surface area contributed by atoms with E-state index in [1.54, 1.807) is 0 Å². The van der Waals surface area contributed by atoms with Gasteiger partial charge in [0.05, 0.1) is 0 Å². The van der Waals surface area contributed by atoms with Crippen LogP contribution in [-0.4, -0.2) is 6.04 Å². The Hall–Kier alpha value is -0.540. The average molecular weight is 269 g/mol. The van der Waals surface area contributed by atoms with E-state index in [-0.39, 0.29) is 0 Å². The van der Waals surface area contributed by atoms with E-state index in [1.165, 1.54) is 18.4 Å². The summed E-state index contributed by atoms with van der Waals surface area (Å²) in [6.45, 7) is 3.22. The lowest BCUT2D eigenvalue weighted by Gasteiger charge is -2.33. The molecular formula is C12H17BrN2. The number of benzene rings is 1. The summed E-state index contributed by atoms with van der Waals surface area (Å²) in [7, 11) is 0. The topological polar surface area (TPSA) is 38.0 Å². The Morgan fingerprint density at radius 3 is 2.73 bits per heavy atom. The number of halogens is 1. The Morgan fingerprint density at radius 2 is 2.13 bits per heavy atom. The molecule has 1 aliphatic carbocycles. The molecule has 0 saturated heterocycles. The van der Waals surface area contributed by atoms with Gasteiger partial charge in [-0.05, 0) is 42.5 Å². The minimum atomic E-state index is 0.709. The van der Waals surface area contributed by atoms with Gasteiger partial charge < -0.3 is 11.1 Å². The van der Waals surface area contributed by atoms with Gasteiger partial charge in [0, 0.05) is 22.7 Å². The normalized spacial score (nSPS) is 24.9. The molecule has 0 aliphatic heterocycles. The summed E-state index contributed by atoms with van der Waals surface area (Å²) in [6.07, 6.45) is 2.62. The maximum absolute atomic E-state index is 5.78. The van der Waals surface area contributed by atoms with E-state index in [0.29, 0.717) is 6.04 Å². The zero-order valence-corrected chi connectivity index (χ0v) is 10.5. The molecule has 0 atom stereocenters. The van der Waals surface area contributed by atoms with Gasteiger partial charge in [-0.15, -0.1) is 0 Å². The van der Waals surface area contributed by atoms with Crippen LogP contribution in [0, 0.1) is 5.92 Å². The van der Waals surface area contributed by atoms with E-state index >= 15 is 0 Å². The fourth-order valence-electron chi connectivity index (χ4n) is 2.11. The molecule has 3 N–H and O–H groups in total. The van der Waals surface area contributed by atoms with Crippen LogP contribution in [0.4, 0.5) is 5.69 Å². The number of anilines is 1. The van der Waals surface area contributed by atoms with Gasteiger partial charge in [0.1, 0.15) is 0 Å². The Morgan fingerprint density at radius 1 is 1.40 bits per heavy atom. The molecule has 3 heteroatoms. The van der Waals surface area contributed by atoms with Crippen LogP contribution >= 0.6 is 15.9 Å². The van der Waals surface area contributed by atoms with Gasteiger partial charge in [0.25, 0.3) is 0 Å². The zero-order chi connectivity index (χ0) is 10.8. The summed E-state index contributed by atoms with van der Waals surface area (Å²) in [5, 5.41) is 3.54. The van der Waals surface area contributed by atoms with E-state index in [2.05, 4.69) is 34.2 Å². The molecule has 1 aromatic carbocycles. The van der Waals surface area contributed by atoms with E-state index in [1.807, 2.05) is 12.1 Å². The number of nitrogen functional groups attached to an aromatic ring is 1. The van der Waals surface area contributed by atoms with Gasteiger partial charge in [-0.2, -0.15) is 0 Å². The number of nitrogens with one attached hydrogen (secondary N) is 1. The number of nitrogens with two attached hydrogens (primary N) is 1. The first-order chi connectivity index (χ1) is 7.13. The molecule has 1 aliphatic rings. The second kappa shape index (κ2) is 4.54. The average Bonchev–Trinajstić information content (AvgIpc) is 2.09. The first kappa shape index (κ1) is 11.0. The van der Waals surface area contributed by atoms with Gasteiger partial charge in [0.2, 0.25) is 0 Å². The standard InChI is InChI=1S/C12H17BrN2/c1-8-2-12(3-8)15-7-9-4-10(13)6-11(14)5-9/h4-6,8,12,15H,2-3,7,14H2,1H3. The second-order valence-corrected chi connectivity index (χ2v) is 5.46. The summed E-state index contributed by atoms with van der Waals surface area (Å²) in [5.41, 5.74) is 7.85. The molecule has 15 heavy (non-hydrogen) atoms. The molecule has 0 radical (unpaired) electrons. The molecule has 2 nitrogen and oxygen atoms in total. The van der Waals surface area contributed by atoms with Crippen molar-refractivity contribution in [3.63, 3.8) is 0 Å². The minimum absolute atomic E-state index is 0.709. The fourth-order valence-corrected chi connectivity index (χ4v) is 2.67. The van der Waals surface area contributed by atoms with Crippen molar-refractivity contribution in [3.05, 3.63) is 28.2 Å². The summed E-state index contributed by atoms with van der Waals surface area (Å²) < 4.78 is 1.06. The molecule has 0 aromatic heterocycles. The predicted molar refractivity (Wildman–Crippen MR) is 67.6 cm³/mol. The first-order valence-corrected chi connectivity index (χ1v) is 6.21. The molecule has 82 valence electrons. The predicted octanol–water partition coefficient (Wildman–Crippen LogP) is 2.92. The summed E-state index contributed by atoms with van der Waals surface area (Å²) >= 11 is 3.45. The van der Waals surface area contributed by atoms with Crippen LogP contribution < -0.4 is 11.1 Å². The summed E-state index contributed by atoms with van der Waals surface area (Å²) in [5.74, 6) is 0.898. The minimum Gasteiger partial charge on any atom is -0.399 e. The Bertz CT molecular complexity index is 325. The van der Waals surface area contributed by atoms with Crippen LogP contribution in [0.5, 0.6) is 0 Å². The monoisotopic (exact) mass is 268 g/mol. The molecule has 0 amide bonds. The maximum Gasteiger partial charge on any atom is 0.0328 e. The Kier molecular flexibility index (Phi) is 3.32. The highest BCUT2D eigenvalue weighted by atomic mass is 79.9. The van der Waals surface area contributed by atoms with Crippen LogP contribution in [0.25, 0.3) is 0 Å². The molecule has 0 bridgehead atoms. The van der Waals surface area contributed by atoms with E-state index in [4.69, 9.17) is 5.73 Å². The highest BCUT2D eigenvalue weighted by Crippen LogP contribution is 2.26. The van der Waals surface area contributed by atoms with Crippen molar-refractivity contribution in [3.8, 4) is 0 Å². The number of hydrogen-bond donors (Lipinski definition) is 2. The molecule has 1 saturated carbocycles. The Labute approximate surface area is 99.4 Å². The van der Waals surface area contributed by atoms with E-state index < -0.39 is 0 Å². The van der Waals surface area contributed by atoms with Crippen LogP contribution in [0.1, 0.15) is 25.3 Å². The SMILES string of the molecule is CC1CC(NCc2cc(N)cc(Br)c2)C1. The third kappa shape index (κ3) is 2.95. The molecular weight excluding hydrogens is 252 g/mol. The molecule has 1 aromatic rings. The van der Waals surface area contributed by atoms with Crippen LogP contribution in [0.3, 0.4) is 0 Å². The largest absolute Gasteiger partial charge is 0.399 e. The fraction of sp³-hybridized carbons (Fsp3) is 0.500. The van der Waals surface area contributed by atoms with Crippen LogP contribution in [-0.2, 0) is 6.54 Å². The quantitative estimate of drug-likeness (QED) is 0.828. The molecule has 2 rings (SSSR count).